The highest BCUT2D eigenvalue weighted by molar-refractivity contribution is 5.66. The number of carboxylic acids is 1. The number of aliphatic carboxylic acids is 1. The molecule has 0 saturated carbocycles. The van der Waals surface area contributed by atoms with E-state index in [1.165, 1.54) is 17.5 Å². The normalized spacial score (nSPS) is 12.3. The van der Waals surface area contributed by atoms with E-state index < -0.39 is 5.97 Å². The van der Waals surface area contributed by atoms with E-state index >= 15 is 0 Å². The van der Waals surface area contributed by atoms with Gasteiger partial charge in [0.15, 0.2) is 0 Å². The van der Waals surface area contributed by atoms with Gasteiger partial charge < -0.3 is 5.11 Å². The fraction of sp³-hybridized carbons (Fsp3) is 0.562. The number of benzene rings is 1. The van der Waals surface area contributed by atoms with Gasteiger partial charge in [0.25, 0.3) is 0 Å². The Morgan fingerprint density at radius 2 is 1.83 bits per heavy atom. The van der Waals surface area contributed by atoms with Crippen molar-refractivity contribution < 1.29 is 9.90 Å². The van der Waals surface area contributed by atoms with Gasteiger partial charge in [0.05, 0.1) is 0 Å². The van der Waals surface area contributed by atoms with Crippen molar-refractivity contribution in [2.45, 2.75) is 58.3 Å². The molecule has 0 fully saturated rings. The summed E-state index contributed by atoms with van der Waals surface area (Å²) in [5, 5.41) is 8.54. The van der Waals surface area contributed by atoms with Crippen LogP contribution in [0.25, 0.3) is 0 Å². The van der Waals surface area contributed by atoms with Crippen LogP contribution in [-0.2, 0) is 11.2 Å². The van der Waals surface area contributed by atoms with Crippen LogP contribution >= 0.6 is 0 Å². The zero-order valence-corrected chi connectivity index (χ0v) is 11.5. The van der Waals surface area contributed by atoms with Crippen molar-refractivity contribution in [2.24, 2.45) is 0 Å². The summed E-state index contributed by atoms with van der Waals surface area (Å²) < 4.78 is 0. The molecule has 0 amide bonds. The molecule has 100 valence electrons. The van der Waals surface area contributed by atoms with Gasteiger partial charge in [-0.15, -0.1) is 0 Å². The molecule has 1 atom stereocenters. The standard InChI is InChI=1S/C16H24O2/c1-3-13(2)15-11-9-14(10-12-15)7-5-4-6-8-16(17)18/h9-13H,3-8H2,1-2H3,(H,17,18). The van der Waals surface area contributed by atoms with Gasteiger partial charge in [0.2, 0.25) is 0 Å². The summed E-state index contributed by atoms with van der Waals surface area (Å²) in [6, 6.07) is 8.86. The lowest BCUT2D eigenvalue weighted by molar-refractivity contribution is -0.137. The van der Waals surface area contributed by atoms with Crippen LogP contribution in [0.4, 0.5) is 0 Å². The Morgan fingerprint density at radius 3 is 2.39 bits per heavy atom. The minimum Gasteiger partial charge on any atom is -0.481 e. The number of carboxylic acid groups (broad SMARTS) is 1. The van der Waals surface area contributed by atoms with E-state index in [1.807, 2.05) is 0 Å². The van der Waals surface area contributed by atoms with Crippen molar-refractivity contribution in [3.05, 3.63) is 35.4 Å². The first-order chi connectivity index (χ1) is 8.63. The van der Waals surface area contributed by atoms with E-state index in [2.05, 4.69) is 38.1 Å². The average molecular weight is 248 g/mol. The second-order valence-corrected chi connectivity index (χ2v) is 5.01. The molecule has 0 aliphatic heterocycles. The molecule has 2 nitrogen and oxygen atoms in total. The molecule has 0 aliphatic rings. The Kier molecular flexibility index (Phi) is 6.48. The van der Waals surface area contributed by atoms with E-state index in [4.69, 9.17) is 5.11 Å². The van der Waals surface area contributed by atoms with Crippen LogP contribution in [0.15, 0.2) is 24.3 Å². The molecule has 0 spiro atoms. The first kappa shape index (κ1) is 14.7. The summed E-state index contributed by atoms with van der Waals surface area (Å²) in [7, 11) is 0. The van der Waals surface area contributed by atoms with Gasteiger partial charge in [-0.25, -0.2) is 0 Å². The van der Waals surface area contributed by atoms with Gasteiger partial charge in [-0.2, -0.15) is 0 Å². The molecular weight excluding hydrogens is 224 g/mol. The van der Waals surface area contributed by atoms with Gasteiger partial charge in [0, 0.05) is 6.42 Å². The monoisotopic (exact) mass is 248 g/mol. The van der Waals surface area contributed by atoms with Crippen LogP contribution < -0.4 is 0 Å². The number of unbranched alkanes of at least 4 members (excludes halogenated alkanes) is 2. The Hall–Kier alpha value is -1.31. The third-order valence-electron chi connectivity index (χ3n) is 3.52. The summed E-state index contributed by atoms with van der Waals surface area (Å²) in [6.07, 6.45) is 5.40. The van der Waals surface area contributed by atoms with Crippen molar-refractivity contribution in [1.29, 1.82) is 0 Å². The molecule has 18 heavy (non-hydrogen) atoms. The zero-order chi connectivity index (χ0) is 13.4. The minimum absolute atomic E-state index is 0.299. The Balaban J connectivity index is 2.29. The maximum absolute atomic E-state index is 10.4. The van der Waals surface area contributed by atoms with Crippen LogP contribution in [-0.4, -0.2) is 11.1 Å². The van der Waals surface area contributed by atoms with Gasteiger partial charge in [-0.3, -0.25) is 4.79 Å². The molecular formula is C16H24O2. The van der Waals surface area contributed by atoms with E-state index in [-0.39, 0.29) is 0 Å². The first-order valence-electron chi connectivity index (χ1n) is 6.94. The van der Waals surface area contributed by atoms with E-state index in [9.17, 15) is 4.79 Å². The largest absolute Gasteiger partial charge is 0.481 e. The van der Waals surface area contributed by atoms with Crippen LogP contribution in [0.2, 0.25) is 0 Å². The molecule has 0 saturated heterocycles. The lowest BCUT2D eigenvalue weighted by atomic mass is 9.96. The lowest BCUT2D eigenvalue weighted by Crippen LogP contribution is -1.95. The predicted octanol–water partition coefficient (Wildman–Crippen LogP) is 4.39. The molecule has 1 N–H and O–H groups in total. The van der Waals surface area contributed by atoms with Crippen LogP contribution in [0.3, 0.4) is 0 Å². The van der Waals surface area contributed by atoms with E-state index in [0.717, 1.165) is 25.7 Å². The van der Waals surface area contributed by atoms with Crippen molar-refractivity contribution in [3.63, 3.8) is 0 Å². The molecule has 1 unspecified atom stereocenters. The Labute approximate surface area is 110 Å². The molecule has 2 heteroatoms. The first-order valence-corrected chi connectivity index (χ1v) is 6.94. The smallest absolute Gasteiger partial charge is 0.303 e. The maximum atomic E-state index is 10.4. The maximum Gasteiger partial charge on any atom is 0.303 e. The topological polar surface area (TPSA) is 37.3 Å². The Bertz CT molecular complexity index is 354. The van der Waals surface area contributed by atoms with Gasteiger partial charge in [-0.05, 0) is 42.7 Å². The second-order valence-electron chi connectivity index (χ2n) is 5.01. The van der Waals surface area contributed by atoms with E-state index in [0.29, 0.717) is 12.3 Å². The van der Waals surface area contributed by atoms with Crippen LogP contribution in [0.5, 0.6) is 0 Å². The quantitative estimate of drug-likeness (QED) is 0.693. The fourth-order valence-corrected chi connectivity index (χ4v) is 2.03. The summed E-state index contributed by atoms with van der Waals surface area (Å²) in [6.45, 7) is 4.46. The van der Waals surface area contributed by atoms with E-state index in [1.54, 1.807) is 0 Å². The number of aryl methyl sites for hydroxylation is 1. The highest BCUT2D eigenvalue weighted by atomic mass is 16.4. The summed E-state index contributed by atoms with van der Waals surface area (Å²) in [5.74, 6) is -0.0532. The molecule has 1 rings (SSSR count). The molecule has 0 aliphatic carbocycles. The van der Waals surface area contributed by atoms with Crippen LogP contribution in [0.1, 0.15) is 63.0 Å². The molecule has 0 aromatic heterocycles. The number of hydrogen-bond donors (Lipinski definition) is 1. The molecule has 1 aromatic carbocycles. The number of carbonyl (C=O) groups is 1. The number of rotatable bonds is 8. The Morgan fingerprint density at radius 1 is 1.17 bits per heavy atom. The zero-order valence-electron chi connectivity index (χ0n) is 11.5. The third-order valence-corrected chi connectivity index (χ3v) is 3.52. The van der Waals surface area contributed by atoms with Crippen molar-refractivity contribution in [1.82, 2.24) is 0 Å². The fourth-order valence-electron chi connectivity index (χ4n) is 2.03. The molecule has 0 radical (unpaired) electrons. The van der Waals surface area contributed by atoms with Crippen molar-refractivity contribution >= 4 is 5.97 Å². The van der Waals surface area contributed by atoms with Gasteiger partial charge >= 0.3 is 5.97 Å². The predicted molar refractivity (Wildman–Crippen MR) is 75.0 cm³/mol. The summed E-state index contributed by atoms with van der Waals surface area (Å²) >= 11 is 0. The average Bonchev–Trinajstić information content (AvgIpc) is 2.38. The second kappa shape index (κ2) is 7.91. The van der Waals surface area contributed by atoms with Crippen LogP contribution in [0, 0.1) is 0 Å². The highest BCUT2D eigenvalue weighted by Crippen LogP contribution is 2.19. The molecule has 0 heterocycles. The molecule has 0 bridgehead atoms. The third kappa shape index (κ3) is 5.35. The minimum atomic E-state index is -0.687. The van der Waals surface area contributed by atoms with Gasteiger partial charge in [0.1, 0.15) is 0 Å². The van der Waals surface area contributed by atoms with Crippen molar-refractivity contribution in [3.8, 4) is 0 Å². The lowest BCUT2D eigenvalue weighted by Gasteiger charge is -2.09. The number of hydrogen-bond acceptors (Lipinski definition) is 1. The summed E-state index contributed by atoms with van der Waals surface area (Å²) in [5.41, 5.74) is 2.77. The summed E-state index contributed by atoms with van der Waals surface area (Å²) in [4.78, 5) is 10.4. The molecule has 1 aromatic rings. The van der Waals surface area contributed by atoms with Crippen molar-refractivity contribution in [2.75, 3.05) is 0 Å². The SMILES string of the molecule is CCC(C)c1ccc(CCCCCC(=O)O)cc1. The van der Waals surface area contributed by atoms with Gasteiger partial charge in [-0.1, -0.05) is 44.5 Å². The highest BCUT2D eigenvalue weighted by Gasteiger charge is 2.02.